The Morgan fingerprint density at radius 1 is 1.07 bits per heavy atom. The van der Waals surface area contributed by atoms with Crippen LogP contribution in [0, 0.1) is 6.92 Å². The Kier molecular flexibility index (Phi) is 6.86. The Balaban J connectivity index is 1.43. The van der Waals surface area contributed by atoms with Gasteiger partial charge < -0.3 is 15.4 Å². The maximum atomic E-state index is 14.1. The van der Waals surface area contributed by atoms with E-state index in [4.69, 9.17) is 14.8 Å². The lowest BCUT2D eigenvalue weighted by molar-refractivity contribution is -0.117. The molecule has 9 heteroatoms. The van der Waals surface area contributed by atoms with E-state index in [-0.39, 0.29) is 11.7 Å². The van der Waals surface area contributed by atoms with Crippen LogP contribution in [0.2, 0.25) is 0 Å². The largest absolute Gasteiger partial charge is 0.474 e. The van der Waals surface area contributed by atoms with Crippen molar-refractivity contribution < 1.29 is 14.3 Å². The Labute approximate surface area is 232 Å². The van der Waals surface area contributed by atoms with Gasteiger partial charge in [0.25, 0.3) is 11.8 Å². The molecule has 2 aliphatic rings. The van der Waals surface area contributed by atoms with Gasteiger partial charge in [0, 0.05) is 35.1 Å². The number of hydrogen-bond acceptors (Lipinski definition) is 6. The highest BCUT2D eigenvalue weighted by Crippen LogP contribution is 2.34. The molecule has 2 aromatic carbocycles. The van der Waals surface area contributed by atoms with E-state index in [1.54, 1.807) is 10.9 Å². The average molecular weight is 535 g/mol. The minimum absolute atomic E-state index is 0.0353. The molecule has 6 rings (SSSR count). The maximum absolute atomic E-state index is 14.1. The Morgan fingerprint density at radius 2 is 1.88 bits per heavy atom. The Morgan fingerprint density at radius 3 is 2.65 bits per heavy atom. The number of carbonyl (C=O) groups excluding carboxylic acids is 2. The van der Waals surface area contributed by atoms with E-state index in [2.05, 4.69) is 22.5 Å². The van der Waals surface area contributed by atoms with E-state index < -0.39 is 18.0 Å². The number of nitrogens with one attached hydrogen (secondary N) is 2. The number of amides is 2. The van der Waals surface area contributed by atoms with Crippen molar-refractivity contribution in [2.24, 2.45) is 4.99 Å². The number of nitrogens with zero attached hydrogens (tertiary/aromatic N) is 4. The first-order valence-corrected chi connectivity index (χ1v) is 13.6. The molecule has 2 N–H and O–H groups in total. The van der Waals surface area contributed by atoms with Crippen molar-refractivity contribution in [1.82, 2.24) is 20.1 Å². The van der Waals surface area contributed by atoms with Crippen molar-refractivity contribution in [2.45, 2.75) is 51.9 Å². The predicted molar refractivity (Wildman–Crippen MR) is 153 cm³/mol. The minimum atomic E-state index is -1.18. The fraction of sp³-hybridized carbons (Fsp3) is 0.258. The molecule has 2 amide bonds. The molecule has 0 spiro atoms. The van der Waals surface area contributed by atoms with Crippen LogP contribution in [0.3, 0.4) is 0 Å². The van der Waals surface area contributed by atoms with E-state index in [0.717, 1.165) is 36.1 Å². The molecular weight excluding hydrogens is 504 g/mol. The minimum Gasteiger partial charge on any atom is -0.474 e. The first-order valence-electron chi connectivity index (χ1n) is 13.6. The highest BCUT2D eigenvalue weighted by Gasteiger charge is 2.33. The van der Waals surface area contributed by atoms with Gasteiger partial charge in [-0.2, -0.15) is 5.10 Å². The molecule has 2 atom stereocenters. The number of benzodiazepines with no additional fused rings is 1. The van der Waals surface area contributed by atoms with Crippen LogP contribution >= 0.6 is 0 Å². The number of aryl methyl sites for hydroxylation is 2. The second kappa shape index (κ2) is 10.8. The number of benzene rings is 2. The van der Waals surface area contributed by atoms with Crippen molar-refractivity contribution in [3.05, 3.63) is 95.3 Å². The van der Waals surface area contributed by atoms with Gasteiger partial charge in [-0.3, -0.25) is 14.6 Å². The van der Waals surface area contributed by atoms with E-state index in [1.807, 2.05) is 73.7 Å². The summed E-state index contributed by atoms with van der Waals surface area (Å²) in [6, 6.07) is 20.9. The SMILES string of the molecule is CC[C@@H]1CCCn2nc(-c3ccc(C)nc3)c(C(=O)N[C@H]3N=C(c4ccccc4)c4ccccc4NC3=O)c2O1. The maximum Gasteiger partial charge on any atom is 0.269 e. The first-order chi connectivity index (χ1) is 19.5. The standard InChI is InChI=1S/C31H30N6O3/c1-3-22-12-9-17-37-31(40-22)25(27(36-37)21-16-15-19(2)32-18-21)29(38)35-28-30(39)33-24-14-8-7-13-23(24)26(34-28)20-10-5-4-6-11-20/h4-8,10-11,13-16,18,22,28H,3,9,12,17H2,1-2H3,(H,33,39)(H,35,38)/t22-,28-/m1/s1. The molecule has 0 saturated carbocycles. The van der Waals surface area contributed by atoms with Gasteiger partial charge in [-0.1, -0.05) is 55.5 Å². The summed E-state index contributed by atoms with van der Waals surface area (Å²) in [7, 11) is 0. The third-order valence-electron chi connectivity index (χ3n) is 7.21. The number of para-hydroxylation sites is 1. The molecular formula is C31H30N6O3. The molecule has 202 valence electrons. The van der Waals surface area contributed by atoms with Crippen LogP contribution < -0.4 is 15.4 Å². The Bertz CT molecular complexity index is 1590. The number of rotatable bonds is 5. The van der Waals surface area contributed by atoms with Gasteiger partial charge in [0.1, 0.15) is 17.4 Å². The Hall–Kier alpha value is -4.79. The fourth-order valence-electron chi connectivity index (χ4n) is 5.08. The summed E-state index contributed by atoms with van der Waals surface area (Å²) in [5.41, 5.74) is 5.14. The number of fused-ring (bicyclic) bond motifs is 2. The van der Waals surface area contributed by atoms with Gasteiger partial charge in [-0.15, -0.1) is 0 Å². The number of ether oxygens (including phenoxy) is 1. The van der Waals surface area contributed by atoms with Gasteiger partial charge in [0.05, 0.1) is 11.4 Å². The normalized spacial score (nSPS) is 18.2. The molecule has 4 heterocycles. The van der Waals surface area contributed by atoms with Crippen LogP contribution in [-0.2, 0) is 11.3 Å². The fourth-order valence-corrected chi connectivity index (χ4v) is 5.08. The summed E-state index contributed by atoms with van der Waals surface area (Å²) < 4.78 is 8.10. The van der Waals surface area contributed by atoms with E-state index in [9.17, 15) is 9.59 Å². The monoisotopic (exact) mass is 534 g/mol. The number of carbonyl (C=O) groups is 2. The third kappa shape index (κ3) is 4.86. The van der Waals surface area contributed by atoms with Crippen molar-refractivity contribution in [3.63, 3.8) is 0 Å². The zero-order valence-corrected chi connectivity index (χ0v) is 22.4. The van der Waals surface area contributed by atoms with Crippen LogP contribution in [0.4, 0.5) is 5.69 Å². The molecule has 0 aliphatic carbocycles. The lowest BCUT2D eigenvalue weighted by atomic mass is 10.0. The van der Waals surface area contributed by atoms with Crippen molar-refractivity contribution >= 4 is 23.2 Å². The number of aromatic nitrogens is 3. The van der Waals surface area contributed by atoms with Gasteiger partial charge in [-0.05, 0) is 44.4 Å². The van der Waals surface area contributed by atoms with Crippen LogP contribution in [0.5, 0.6) is 5.88 Å². The summed E-state index contributed by atoms with van der Waals surface area (Å²) in [5, 5.41) is 10.6. The number of hydrogen-bond donors (Lipinski definition) is 2. The number of anilines is 1. The highest BCUT2D eigenvalue weighted by molar-refractivity contribution is 6.20. The summed E-state index contributed by atoms with van der Waals surface area (Å²) in [5.74, 6) is -0.520. The van der Waals surface area contributed by atoms with Crippen LogP contribution in [-0.4, -0.2) is 44.6 Å². The average Bonchev–Trinajstić information content (AvgIpc) is 3.11. The zero-order valence-electron chi connectivity index (χ0n) is 22.4. The van der Waals surface area contributed by atoms with Crippen LogP contribution in [0.25, 0.3) is 11.3 Å². The van der Waals surface area contributed by atoms with Gasteiger partial charge in [0.2, 0.25) is 12.0 Å². The predicted octanol–water partition coefficient (Wildman–Crippen LogP) is 4.75. The van der Waals surface area contributed by atoms with E-state index in [0.29, 0.717) is 35.1 Å². The zero-order chi connectivity index (χ0) is 27.6. The third-order valence-corrected chi connectivity index (χ3v) is 7.21. The molecule has 0 bridgehead atoms. The first kappa shape index (κ1) is 25.5. The van der Waals surface area contributed by atoms with Crippen molar-refractivity contribution in [2.75, 3.05) is 5.32 Å². The van der Waals surface area contributed by atoms with Crippen molar-refractivity contribution in [3.8, 4) is 17.1 Å². The molecule has 0 saturated heterocycles. The lowest BCUT2D eigenvalue weighted by Gasteiger charge is -2.17. The summed E-state index contributed by atoms with van der Waals surface area (Å²) >= 11 is 0. The molecule has 4 aromatic rings. The topological polar surface area (TPSA) is 111 Å². The van der Waals surface area contributed by atoms with Gasteiger partial charge in [0.15, 0.2) is 0 Å². The molecule has 40 heavy (non-hydrogen) atoms. The summed E-state index contributed by atoms with van der Waals surface area (Å²) in [6.45, 7) is 4.59. The van der Waals surface area contributed by atoms with Crippen molar-refractivity contribution in [1.29, 1.82) is 0 Å². The van der Waals surface area contributed by atoms with Crippen LogP contribution in [0.1, 0.15) is 53.4 Å². The van der Waals surface area contributed by atoms with Gasteiger partial charge >= 0.3 is 0 Å². The molecule has 9 nitrogen and oxygen atoms in total. The summed E-state index contributed by atoms with van der Waals surface area (Å²) in [4.78, 5) is 36.7. The highest BCUT2D eigenvalue weighted by atomic mass is 16.5. The van der Waals surface area contributed by atoms with E-state index >= 15 is 0 Å². The van der Waals surface area contributed by atoms with Crippen LogP contribution in [0.15, 0.2) is 77.9 Å². The molecule has 0 radical (unpaired) electrons. The van der Waals surface area contributed by atoms with Gasteiger partial charge in [-0.25, -0.2) is 9.67 Å². The number of aliphatic imine (C=N–C) groups is 1. The molecule has 2 aliphatic heterocycles. The lowest BCUT2D eigenvalue weighted by Crippen LogP contribution is -2.42. The quantitative estimate of drug-likeness (QED) is 0.384. The molecule has 2 aromatic heterocycles. The molecule has 0 unspecified atom stereocenters. The smallest absolute Gasteiger partial charge is 0.269 e. The van der Waals surface area contributed by atoms with E-state index in [1.165, 1.54) is 0 Å². The number of pyridine rings is 1. The second-order valence-corrected chi connectivity index (χ2v) is 9.99. The second-order valence-electron chi connectivity index (χ2n) is 9.99. The summed E-state index contributed by atoms with van der Waals surface area (Å²) in [6.07, 6.45) is 3.05. The molecule has 0 fully saturated rings.